The molecule has 0 aliphatic carbocycles. The number of para-hydroxylation sites is 1. The molecule has 5 heteroatoms. The number of carboxylic acid groups (broad SMARTS) is 1. The number of aromatic carboxylic acids is 1. The summed E-state index contributed by atoms with van der Waals surface area (Å²) >= 11 is 1.72. The van der Waals surface area contributed by atoms with Crippen LogP contribution in [0.3, 0.4) is 0 Å². The van der Waals surface area contributed by atoms with Crippen molar-refractivity contribution in [2.45, 2.75) is 12.2 Å². The van der Waals surface area contributed by atoms with Gasteiger partial charge < -0.3 is 10.2 Å². The summed E-state index contributed by atoms with van der Waals surface area (Å²) in [6, 6.07) is 4.88. The SMILES string of the molecule is O=C(O)c1c2c(nc3c(O)cccc13)CCSC2. The maximum absolute atomic E-state index is 11.5. The monoisotopic (exact) mass is 261 g/mol. The number of fused-ring (bicyclic) bond motifs is 2. The van der Waals surface area contributed by atoms with E-state index < -0.39 is 5.97 Å². The summed E-state index contributed by atoms with van der Waals surface area (Å²) in [6.07, 6.45) is 0.755. The van der Waals surface area contributed by atoms with Gasteiger partial charge in [0, 0.05) is 16.8 Å². The van der Waals surface area contributed by atoms with Crippen LogP contribution in [0, 0.1) is 0 Å². The lowest BCUT2D eigenvalue weighted by atomic mass is 9.99. The fourth-order valence-corrected chi connectivity index (χ4v) is 3.31. The van der Waals surface area contributed by atoms with Crippen molar-refractivity contribution in [3.8, 4) is 5.75 Å². The molecule has 0 fully saturated rings. The molecule has 92 valence electrons. The van der Waals surface area contributed by atoms with Crippen LogP contribution in [0.5, 0.6) is 5.75 Å². The van der Waals surface area contributed by atoms with Crippen LogP contribution in [0.4, 0.5) is 0 Å². The standard InChI is InChI=1S/C13H11NO3S/c15-10-3-1-2-7-11(13(16)17)8-6-18-5-4-9(8)14-12(7)10/h1-3,15H,4-6H2,(H,16,17). The van der Waals surface area contributed by atoms with Crippen LogP contribution in [-0.4, -0.2) is 26.9 Å². The largest absolute Gasteiger partial charge is 0.506 e. The second kappa shape index (κ2) is 4.17. The van der Waals surface area contributed by atoms with Gasteiger partial charge in [0.15, 0.2) is 0 Å². The summed E-state index contributed by atoms with van der Waals surface area (Å²) in [6.45, 7) is 0. The van der Waals surface area contributed by atoms with Crippen molar-refractivity contribution in [1.29, 1.82) is 0 Å². The number of rotatable bonds is 1. The molecule has 0 unspecified atom stereocenters. The molecule has 1 aromatic carbocycles. The molecule has 0 atom stereocenters. The highest BCUT2D eigenvalue weighted by Crippen LogP contribution is 2.33. The Hall–Kier alpha value is -1.75. The lowest BCUT2D eigenvalue weighted by molar-refractivity contribution is 0.0698. The molecule has 2 aromatic rings. The lowest BCUT2D eigenvalue weighted by Crippen LogP contribution is -2.13. The zero-order chi connectivity index (χ0) is 12.7. The first-order valence-corrected chi connectivity index (χ1v) is 6.78. The maximum atomic E-state index is 11.5. The predicted molar refractivity (Wildman–Crippen MR) is 70.2 cm³/mol. The highest BCUT2D eigenvalue weighted by Gasteiger charge is 2.23. The van der Waals surface area contributed by atoms with Gasteiger partial charge in [-0.3, -0.25) is 0 Å². The minimum absolute atomic E-state index is 0.0380. The molecule has 0 saturated heterocycles. The van der Waals surface area contributed by atoms with Crippen molar-refractivity contribution in [2.24, 2.45) is 0 Å². The van der Waals surface area contributed by atoms with Gasteiger partial charge >= 0.3 is 5.97 Å². The summed E-state index contributed by atoms with van der Waals surface area (Å²) in [5.74, 6) is 0.705. The Balaban J connectivity index is 2.44. The van der Waals surface area contributed by atoms with Gasteiger partial charge in [0.1, 0.15) is 11.3 Å². The Morgan fingerprint density at radius 2 is 2.22 bits per heavy atom. The van der Waals surface area contributed by atoms with Crippen molar-refractivity contribution >= 4 is 28.6 Å². The van der Waals surface area contributed by atoms with Crippen LogP contribution < -0.4 is 0 Å². The van der Waals surface area contributed by atoms with E-state index in [1.165, 1.54) is 6.07 Å². The topological polar surface area (TPSA) is 70.4 Å². The number of phenolic OH excluding ortho intramolecular Hbond substituents is 1. The van der Waals surface area contributed by atoms with Crippen LogP contribution in [0.25, 0.3) is 10.9 Å². The van der Waals surface area contributed by atoms with Crippen LogP contribution in [0.15, 0.2) is 18.2 Å². The molecule has 3 rings (SSSR count). The first-order chi connectivity index (χ1) is 8.68. The number of hydrogen-bond donors (Lipinski definition) is 2. The van der Waals surface area contributed by atoms with Crippen LogP contribution >= 0.6 is 11.8 Å². The minimum atomic E-state index is -0.952. The van der Waals surface area contributed by atoms with Gasteiger partial charge in [-0.1, -0.05) is 12.1 Å². The summed E-state index contributed by atoms with van der Waals surface area (Å²) in [7, 11) is 0. The molecule has 0 radical (unpaired) electrons. The molecule has 2 N–H and O–H groups in total. The molecular formula is C13H11NO3S. The van der Waals surface area contributed by atoms with Crippen LogP contribution in [0.2, 0.25) is 0 Å². The van der Waals surface area contributed by atoms with E-state index in [0.29, 0.717) is 16.7 Å². The molecule has 1 aliphatic rings. The molecule has 18 heavy (non-hydrogen) atoms. The highest BCUT2D eigenvalue weighted by atomic mass is 32.2. The molecule has 1 aliphatic heterocycles. The number of pyridine rings is 1. The number of carbonyl (C=O) groups is 1. The van der Waals surface area contributed by atoms with Gasteiger partial charge in [-0.25, -0.2) is 9.78 Å². The number of phenols is 1. The second-order valence-corrected chi connectivity index (χ2v) is 5.30. The Kier molecular flexibility index (Phi) is 2.63. The van der Waals surface area contributed by atoms with Crippen molar-refractivity contribution in [3.05, 3.63) is 35.0 Å². The molecule has 0 amide bonds. The fourth-order valence-electron chi connectivity index (χ4n) is 2.31. The number of aromatic nitrogens is 1. The number of benzene rings is 1. The minimum Gasteiger partial charge on any atom is -0.506 e. The third-order valence-corrected chi connectivity index (χ3v) is 4.11. The van der Waals surface area contributed by atoms with E-state index in [0.717, 1.165) is 23.4 Å². The predicted octanol–water partition coefficient (Wildman–Crippen LogP) is 2.43. The molecule has 0 bridgehead atoms. The summed E-state index contributed by atoms with van der Waals surface area (Å²) < 4.78 is 0. The van der Waals surface area contributed by atoms with Crippen LogP contribution in [0.1, 0.15) is 21.6 Å². The zero-order valence-corrected chi connectivity index (χ0v) is 10.3. The number of aryl methyl sites for hydroxylation is 1. The van der Waals surface area contributed by atoms with Crippen molar-refractivity contribution in [1.82, 2.24) is 4.98 Å². The second-order valence-electron chi connectivity index (χ2n) is 4.19. The van der Waals surface area contributed by atoms with E-state index in [2.05, 4.69) is 4.98 Å². The number of nitrogens with zero attached hydrogens (tertiary/aromatic N) is 1. The summed E-state index contributed by atoms with van der Waals surface area (Å²) in [5.41, 5.74) is 2.29. The zero-order valence-electron chi connectivity index (χ0n) is 9.51. The van der Waals surface area contributed by atoms with Gasteiger partial charge in [-0.2, -0.15) is 11.8 Å². The lowest BCUT2D eigenvalue weighted by Gasteiger charge is -2.18. The van der Waals surface area contributed by atoms with Crippen molar-refractivity contribution in [2.75, 3.05) is 5.75 Å². The molecular weight excluding hydrogens is 250 g/mol. The number of hydrogen-bond acceptors (Lipinski definition) is 4. The Labute approximate surface area is 108 Å². The van der Waals surface area contributed by atoms with Crippen LogP contribution in [-0.2, 0) is 12.2 Å². The molecule has 0 saturated carbocycles. The number of carboxylic acids is 1. The van der Waals surface area contributed by atoms with Crippen molar-refractivity contribution in [3.63, 3.8) is 0 Å². The van der Waals surface area contributed by atoms with Gasteiger partial charge in [0.25, 0.3) is 0 Å². The highest BCUT2D eigenvalue weighted by molar-refractivity contribution is 7.98. The molecule has 4 nitrogen and oxygen atoms in total. The number of aromatic hydroxyl groups is 1. The summed E-state index contributed by atoms with van der Waals surface area (Å²) in [5, 5.41) is 19.7. The first-order valence-electron chi connectivity index (χ1n) is 5.63. The Morgan fingerprint density at radius 1 is 1.39 bits per heavy atom. The van der Waals surface area contributed by atoms with Gasteiger partial charge in [0.2, 0.25) is 0 Å². The average Bonchev–Trinajstić information content (AvgIpc) is 2.36. The van der Waals surface area contributed by atoms with E-state index >= 15 is 0 Å². The van der Waals surface area contributed by atoms with Gasteiger partial charge in [0.05, 0.1) is 5.56 Å². The van der Waals surface area contributed by atoms with E-state index in [4.69, 9.17) is 0 Å². The van der Waals surface area contributed by atoms with E-state index in [-0.39, 0.29) is 11.3 Å². The first kappa shape index (κ1) is 11.3. The van der Waals surface area contributed by atoms with Gasteiger partial charge in [-0.15, -0.1) is 0 Å². The van der Waals surface area contributed by atoms with E-state index in [1.54, 1.807) is 23.9 Å². The molecule has 1 aromatic heterocycles. The molecule has 0 spiro atoms. The van der Waals surface area contributed by atoms with Crippen molar-refractivity contribution < 1.29 is 15.0 Å². The summed E-state index contributed by atoms with van der Waals surface area (Å²) in [4.78, 5) is 15.9. The third-order valence-electron chi connectivity index (χ3n) is 3.12. The van der Waals surface area contributed by atoms with Gasteiger partial charge in [-0.05, 0) is 23.8 Å². The normalized spacial score (nSPS) is 14.4. The smallest absolute Gasteiger partial charge is 0.336 e. The number of thioether (sulfide) groups is 1. The quantitative estimate of drug-likeness (QED) is 0.825. The Bertz CT molecular complexity index is 654. The van der Waals surface area contributed by atoms with E-state index in [9.17, 15) is 15.0 Å². The third kappa shape index (κ3) is 1.62. The Morgan fingerprint density at radius 3 is 3.00 bits per heavy atom. The average molecular weight is 261 g/mol. The molecule has 2 heterocycles. The maximum Gasteiger partial charge on any atom is 0.336 e. The fraction of sp³-hybridized carbons (Fsp3) is 0.231. The van der Waals surface area contributed by atoms with E-state index in [1.807, 2.05) is 0 Å².